The lowest BCUT2D eigenvalue weighted by molar-refractivity contribution is -0.0502. The molecule has 1 heterocycles. The van der Waals surface area contributed by atoms with Gasteiger partial charge >= 0.3 is 12.6 Å². The molecule has 0 aliphatic carbocycles. The summed E-state index contributed by atoms with van der Waals surface area (Å²) in [5.74, 6) is 0.0644. The van der Waals surface area contributed by atoms with E-state index in [4.69, 9.17) is 0 Å². The van der Waals surface area contributed by atoms with Crippen molar-refractivity contribution in [3.63, 3.8) is 0 Å². The van der Waals surface area contributed by atoms with Crippen LogP contribution in [0.3, 0.4) is 0 Å². The highest BCUT2D eigenvalue weighted by atomic mass is 19.3. The molecule has 2 aromatic rings. The van der Waals surface area contributed by atoms with E-state index in [2.05, 4.69) is 34.0 Å². The zero-order valence-electron chi connectivity index (χ0n) is 17.6. The van der Waals surface area contributed by atoms with Gasteiger partial charge in [-0.15, -0.1) is 0 Å². The molecule has 1 N–H and O–H groups in total. The maximum atomic E-state index is 13.0. The van der Waals surface area contributed by atoms with E-state index in [-0.39, 0.29) is 23.9 Å². The molecule has 1 aliphatic rings. The van der Waals surface area contributed by atoms with E-state index in [1.807, 2.05) is 30.0 Å². The molecule has 1 aliphatic heterocycles. The first-order valence-electron chi connectivity index (χ1n) is 10.3. The van der Waals surface area contributed by atoms with Gasteiger partial charge in [-0.3, -0.25) is 4.90 Å². The summed E-state index contributed by atoms with van der Waals surface area (Å²) < 4.78 is 29.7. The van der Waals surface area contributed by atoms with Gasteiger partial charge in [-0.2, -0.15) is 8.78 Å². The number of anilines is 1. The number of likely N-dealkylation sites (tertiary alicyclic amines) is 1. The smallest absolute Gasteiger partial charge is 0.387 e. The minimum absolute atomic E-state index is 0.0644. The molecule has 1 fully saturated rings. The van der Waals surface area contributed by atoms with Crippen LogP contribution in [0.2, 0.25) is 0 Å². The van der Waals surface area contributed by atoms with Gasteiger partial charge < -0.3 is 15.0 Å². The number of likely N-dealkylation sites (N-methyl/N-ethyl adjacent to an activating group) is 1. The first kappa shape index (κ1) is 22.0. The highest BCUT2D eigenvalue weighted by Crippen LogP contribution is 2.29. The molecule has 2 amide bonds. The maximum absolute atomic E-state index is 13.0. The number of urea groups is 1. The van der Waals surface area contributed by atoms with E-state index in [1.54, 1.807) is 19.1 Å². The zero-order valence-corrected chi connectivity index (χ0v) is 17.6. The molecule has 0 bridgehead atoms. The number of benzene rings is 2. The number of ether oxygens (including phenoxy) is 1. The molecular weight excluding hydrogens is 388 g/mol. The molecule has 7 heteroatoms. The molecule has 2 atom stereocenters. The Kier molecular flexibility index (Phi) is 7.26. The third-order valence-corrected chi connectivity index (χ3v) is 5.81. The van der Waals surface area contributed by atoms with Crippen LogP contribution < -0.4 is 10.1 Å². The summed E-state index contributed by atoms with van der Waals surface area (Å²) in [7, 11) is 0. The fourth-order valence-electron chi connectivity index (χ4n) is 4.04. The van der Waals surface area contributed by atoms with Crippen LogP contribution in [0.4, 0.5) is 19.3 Å². The van der Waals surface area contributed by atoms with Crippen LogP contribution in [-0.2, 0) is 0 Å². The minimum Gasteiger partial charge on any atom is -0.434 e. The number of carbonyl (C=O) groups excluding carboxylic acids is 1. The SMILES string of the molecule is CCN(C(=O)Nc1cccc(OC(F)F)c1C)C1CCN(C(C)c2ccccc2)C1. The average molecular weight is 418 g/mol. The summed E-state index contributed by atoms with van der Waals surface area (Å²) in [6.45, 7) is 5.17. The highest BCUT2D eigenvalue weighted by Gasteiger charge is 2.32. The van der Waals surface area contributed by atoms with Gasteiger partial charge in [0.2, 0.25) is 0 Å². The summed E-state index contributed by atoms with van der Waals surface area (Å²) >= 11 is 0. The lowest BCUT2D eigenvalue weighted by Gasteiger charge is -2.30. The highest BCUT2D eigenvalue weighted by molar-refractivity contribution is 5.90. The molecule has 0 aromatic heterocycles. The predicted octanol–water partition coefficient (Wildman–Crippen LogP) is 5.29. The lowest BCUT2D eigenvalue weighted by atomic mass is 10.1. The van der Waals surface area contributed by atoms with Crippen LogP contribution in [0.5, 0.6) is 5.75 Å². The molecule has 0 saturated carbocycles. The van der Waals surface area contributed by atoms with Gasteiger partial charge in [0, 0.05) is 43.0 Å². The Balaban J connectivity index is 1.66. The van der Waals surface area contributed by atoms with Crippen molar-refractivity contribution in [1.29, 1.82) is 0 Å². The number of hydrogen-bond acceptors (Lipinski definition) is 3. The van der Waals surface area contributed by atoms with Gasteiger partial charge in [0.05, 0.1) is 0 Å². The topological polar surface area (TPSA) is 44.8 Å². The molecule has 162 valence electrons. The van der Waals surface area contributed by atoms with Crippen molar-refractivity contribution in [2.24, 2.45) is 0 Å². The van der Waals surface area contributed by atoms with Crippen molar-refractivity contribution in [1.82, 2.24) is 9.80 Å². The van der Waals surface area contributed by atoms with Gasteiger partial charge in [-0.05, 0) is 44.9 Å². The van der Waals surface area contributed by atoms with Crippen molar-refractivity contribution >= 4 is 11.7 Å². The Labute approximate surface area is 176 Å². The summed E-state index contributed by atoms with van der Waals surface area (Å²) in [6, 6.07) is 15.2. The second kappa shape index (κ2) is 9.89. The van der Waals surface area contributed by atoms with Crippen molar-refractivity contribution < 1.29 is 18.3 Å². The van der Waals surface area contributed by atoms with Crippen LogP contribution in [-0.4, -0.2) is 48.1 Å². The standard InChI is InChI=1S/C23H29F2N3O2/c1-4-28(19-13-14-27(15-19)17(3)18-9-6-5-7-10-18)23(29)26-20-11-8-12-21(16(20)2)30-22(24)25/h5-12,17,19,22H,4,13-15H2,1-3H3,(H,26,29). The first-order chi connectivity index (χ1) is 14.4. The Bertz CT molecular complexity index is 848. The number of nitrogens with zero attached hydrogens (tertiary/aromatic N) is 2. The summed E-state index contributed by atoms with van der Waals surface area (Å²) in [5.41, 5.74) is 2.22. The number of amides is 2. The Hall–Kier alpha value is -2.67. The normalized spacial score (nSPS) is 17.7. The maximum Gasteiger partial charge on any atom is 0.387 e. The summed E-state index contributed by atoms with van der Waals surface area (Å²) in [4.78, 5) is 17.2. The van der Waals surface area contributed by atoms with Gasteiger partial charge in [-0.25, -0.2) is 4.79 Å². The monoisotopic (exact) mass is 417 g/mol. The van der Waals surface area contributed by atoms with Crippen molar-refractivity contribution in [2.75, 3.05) is 25.0 Å². The van der Waals surface area contributed by atoms with E-state index in [1.165, 1.54) is 11.6 Å². The van der Waals surface area contributed by atoms with E-state index < -0.39 is 6.61 Å². The molecule has 2 unspecified atom stereocenters. The van der Waals surface area contributed by atoms with Crippen LogP contribution in [0.1, 0.15) is 37.4 Å². The Morgan fingerprint density at radius 1 is 1.23 bits per heavy atom. The fourth-order valence-corrected chi connectivity index (χ4v) is 4.04. The van der Waals surface area contributed by atoms with E-state index in [0.717, 1.165) is 19.5 Å². The second-order valence-corrected chi connectivity index (χ2v) is 7.55. The van der Waals surface area contributed by atoms with E-state index >= 15 is 0 Å². The molecule has 30 heavy (non-hydrogen) atoms. The number of carbonyl (C=O) groups is 1. The third-order valence-electron chi connectivity index (χ3n) is 5.81. The molecule has 0 radical (unpaired) electrons. The molecule has 3 rings (SSSR count). The van der Waals surface area contributed by atoms with Crippen LogP contribution in [0.15, 0.2) is 48.5 Å². The summed E-state index contributed by atoms with van der Waals surface area (Å²) in [5, 5.41) is 2.87. The molecule has 2 aromatic carbocycles. The van der Waals surface area contributed by atoms with Crippen LogP contribution in [0, 0.1) is 6.92 Å². The number of nitrogens with one attached hydrogen (secondary N) is 1. The van der Waals surface area contributed by atoms with Gasteiger partial charge in [0.25, 0.3) is 0 Å². The predicted molar refractivity (Wildman–Crippen MR) is 114 cm³/mol. The van der Waals surface area contributed by atoms with Crippen molar-refractivity contribution in [3.8, 4) is 5.75 Å². The van der Waals surface area contributed by atoms with E-state index in [0.29, 0.717) is 17.8 Å². The summed E-state index contributed by atoms with van der Waals surface area (Å²) in [6.07, 6.45) is 0.895. The van der Waals surface area contributed by atoms with Crippen molar-refractivity contribution in [3.05, 3.63) is 59.7 Å². The zero-order chi connectivity index (χ0) is 21.7. The first-order valence-corrected chi connectivity index (χ1v) is 10.3. The van der Waals surface area contributed by atoms with Crippen molar-refractivity contribution in [2.45, 2.75) is 45.9 Å². The largest absolute Gasteiger partial charge is 0.434 e. The van der Waals surface area contributed by atoms with Crippen LogP contribution >= 0.6 is 0 Å². The van der Waals surface area contributed by atoms with Crippen LogP contribution in [0.25, 0.3) is 0 Å². The average Bonchev–Trinajstić information content (AvgIpc) is 3.21. The fraction of sp³-hybridized carbons (Fsp3) is 0.435. The quantitative estimate of drug-likeness (QED) is 0.666. The Morgan fingerprint density at radius 2 is 1.97 bits per heavy atom. The minimum atomic E-state index is -2.90. The number of alkyl halides is 2. The van der Waals surface area contributed by atoms with Gasteiger partial charge in [0.1, 0.15) is 5.75 Å². The lowest BCUT2D eigenvalue weighted by Crippen LogP contribution is -2.44. The third kappa shape index (κ3) is 5.08. The number of hydrogen-bond donors (Lipinski definition) is 1. The number of halogens is 2. The van der Waals surface area contributed by atoms with Gasteiger partial charge in [-0.1, -0.05) is 36.4 Å². The molecule has 0 spiro atoms. The molecule has 5 nitrogen and oxygen atoms in total. The molecular formula is C23H29F2N3O2. The molecule has 1 saturated heterocycles. The van der Waals surface area contributed by atoms with Gasteiger partial charge in [0.15, 0.2) is 0 Å². The Morgan fingerprint density at radius 3 is 2.63 bits per heavy atom. The number of rotatable bonds is 7. The van der Waals surface area contributed by atoms with E-state index in [9.17, 15) is 13.6 Å². The second-order valence-electron chi connectivity index (χ2n) is 7.55.